The molecule has 2 atom stereocenters. The van der Waals surface area contributed by atoms with Gasteiger partial charge in [-0.3, -0.25) is 4.90 Å². The van der Waals surface area contributed by atoms with Crippen LogP contribution < -0.4 is 10.2 Å². The monoisotopic (exact) mass is 282 g/mol. The van der Waals surface area contributed by atoms with Crippen LogP contribution in [-0.4, -0.2) is 31.3 Å². The van der Waals surface area contributed by atoms with Crippen LogP contribution in [-0.2, 0) is 4.74 Å². The van der Waals surface area contributed by atoms with Crippen molar-refractivity contribution in [2.24, 2.45) is 0 Å². The Morgan fingerprint density at radius 3 is 3.00 bits per heavy atom. The van der Waals surface area contributed by atoms with Crippen molar-refractivity contribution in [3.05, 3.63) is 28.7 Å². The third kappa shape index (κ3) is 1.43. The second-order valence-electron chi connectivity index (χ2n) is 3.97. The first-order valence-corrected chi connectivity index (χ1v) is 6.02. The maximum absolute atomic E-state index is 11.8. The fourth-order valence-electron chi connectivity index (χ4n) is 2.26. The Morgan fingerprint density at radius 1 is 1.38 bits per heavy atom. The van der Waals surface area contributed by atoms with E-state index in [1.165, 1.54) is 0 Å². The highest BCUT2D eigenvalue weighted by Crippen LogP contribution is 2.33. The Bertz CT molecular complexity index is 438. The lowest BCUT2D eigenvalue weighted by Gasteiger charge is -2.20. The van der Waals surface area contributed by atoms with E-state index < -0.39 is 0 Å². The minimum atomic E-state index is -0.247. The van der Waals surface area contributed by atoms with Crippen LogP contribution in [0.5, 0.6) is 0 Å². The molecule has 2 unspecified atom stereocenters. The minimum Gasteiger partial charge on any atom is -0.442 e. The van der Waals surface area contributed by atoms with Crippen molar-refractivity contribution in [1.82, 2.24) is 5.32 Å². The van der Waals surface area contributed by atoms with E-state index in [1.807, 2.05) is 24.3 Å². The second-order valence-corrected chi connectivity index (χ2v) is 4.82. The number of halogens is 1. The molecule has 1 N–H and O–H groups in total. The third-order valence-electron chi connectivity index (χ3n) is 3.02. The van der Waals surface area contributed by atoms with E-state index in [1.54, 1.807) is 4.90 Å². The summed E-state index contributed by atoms with van der Waals surface area (Å²) in [5, 5.41) is 3.23. The summed E-state index contributed by atoms with van der Waals surface area (Å²) in [6.45, 7) is 1.54. The summed E-state index contributed by atoms with van der Waals surface area (Å²) in [6, 6.07) is 7.82. The van der Waals surface area contributed by atoms with Gasteiger partial charge in [-0.25, -0.2) is 4.79 Å². The number of amides is 1. The van der Waals surface area contributed by atoms with Crippen LogP contribution in [0.3, 0.4) is 0 Å². The summed E-state index contributed by atoms with van der Waals surface area (Å²) in [5.74, 6) is 0. The number of ether oxygens (including phenoxy) is 1. The van der Waals surface area contributed by atoms with Crippen LogP contribution in [0.2, 0.25) is 0 Å². The van der Waals surface area contributed by atoms with Crippen LogP contribution in [0, 0.1) is 0 Å². The molecule has 3 rings (SSSR count). The van der Waals surface area contributed by atoms with Gasteiger partial charge in [-0.15, -0.1) is 0 Å². The van der Waals surface area contributed by atoms with Crippen LogP contribution in [0.1, 0.15) is 0 Å². The predicted molar refractivity (Wildman–Crippen MR) is 63.5 cm³/mol. The molecule has 1 aromatic carbocycles. The maximum Gasteiger partial charge on any atom is 0.415 e. The molecule has 16 heavy (non-hydrogen) atoms. The van der Waals surface area contributed by atoms with Gasteiger partial charge >= 0.3 is 6.09 Å². The molecule has 84 valence electrons. The fourth-order valence-corrected chi connectivity index (χ4v) is 2.74. The Labute approximate surface area is 102 Å². The van der Waals surface area contributed by atoms with Crippen LogP contribution >= 0.6 is 15.9 Å². The zero-order chi connectivity index (χ0) is 11.1. The summed E-state index contributed by atoms with van der Waals surface area (Å²) in [7, 11) is 0. The molecule has 2 aliphatic heterocycles. The molecule has 0 aromatic heterocycles. The summed E-state index contributed by atoms with van der Waals surface area (Å²) < 4.78 is 6.23. The van der Waals surface area contributed by atoms with E-state index in [-0.39, 0.29) is 18.2 Å². The van der Waals surface area contributed by atoms with Crippen LogP contribution in [0.25, 0.3) is 0 Å². The molecule has 2 aliphatic rings. The number of hydrogen-bond donors (Lipinski definition) is 1. The zero-order valence-corrected chi connectivity index (χ0v) is 10.1. The smallest absolute Gasteiger partial charge is 0.415 e. The van der Waals surface area contributed by atoms with E-state index in [9.17, 15) is 4.79 Å². The van der Waals surface area contributed by atoms with E-state index in [0.717, 1.165) is 23.2 Å². The summed E-state index contributed by atoms with van der Waals surface area (Å²) >= 11 is 3.46. The molecule has 0 bridgehead atoms. The van der Waals surface area contributed by atoms with Gasteiger partial charge in [-0.1, -0.05) is 12.1 Å². The Kier molecular flexibility index (Phi) is 2.37. The molecule has 5 heteroatoms. The van der Waals surface area contributed by atoms with Gasteiger partial charge in [0.2, 0.25) is 0 Å². The number of carbonyl (C=O) groups is 1. The lowest BCUT2D eigenvalue weighted by molar-refractivity contribution is 0.143. The lowest BCUT2D eigenvalue weighted by atomic mass is 10.2. The molecule has 0 aliphatic carbocycles. The van der Waals surface area contributed by atoms with E-state index in [0.29, 0.717) is 0 Å². The number of para-hydroxylation sites is 1. The average Bonchev–Trinajstić information content (AvgIpc) is 2.79. The summed E-state index contributed by atoms with van der Waals surface area (Å²) in [4.78, 5) is 13.5. The van der Waals surface area contributed by atoms with Gasteiger partial charge in [0, 0.05) is 17.6 Å². The van der Waals surface area contributed by atoms with Crippen LogP contribution in [0.15, 0.2) is 28.7 Å². The number of fused-ring (bicyclic) bond motifs is 1. The molecular formula is C11H11BrN2O2. The first-order chi connectivity index (χ1) is 7.77. The number of nitrogens with zero attached hydrogens (tertiary/aromatic N) is 1. The zero-order valence-electron chi connectivity index (χ0n) is 8.52. The maximum atomic E-state index is 11.8. The Balaban J connectivity index is 2.00. The third-order valence-corrected chi connectivity index (χ3v) is 3.69. The molecule has 1 amide bonds. The lowest BCUT2D eigenvalue weighted by Crippen LogP contribution is -2.37. The number of rotatable bonds is 1. The van der Waals surface area contributed by atoms with Gasteiger partial charge < -0.3 is 10.1 Å². The topological polar surface area (TPSA) is 41.6 Å². The molecule has 4 nitrogen and oxygen atoms in total. The first kappa shape index (κ1) is 10.1. The Morgan fingerprint density at radius 2 is 2.19 bits per heavy atom. The second kappa shape index (κ2) is 3.75. The molecular weight excluding hydrogens is 272 g/mol. The average molecular weight is 283 g/mol. The highest BCUT2D eigenvalue weighted by molar-refractivity contribution is 9.10. The number of benzene rings is 1. The van der Waals surface area contributed by atoms with Gasteiger partial charge in [0.05, 0.1) is 11.7 Å². The highest BCUT2D eigenvalue weighted by atomic mass is 79.9. The van der Waals surface area contributed by atoms with Gasteiger partial charge in [0.25, 0.3) is 0 Å². The number of hydrogen-bond acceptors (Lipinski definition) is 3. The van der Waals surface area contributed by atoms with Gasteiger partial charge in [-0.2, -0.15) is 0 Å². The van der Waals surface area contributed by atoms with Gasteiger partial charge in [0.15, 0.2) is 0 Å². The normalized spacial score (nSPS) is 28.1. The molecule has 0 radical (unpaired) electrons. The molecule has 0 spiro atoms. The first-order valence-electron chi connectivity index (χ1n) is 5.22. The molecule has 2 saturated heterocycles. The van der Waals surface area contributed by atoms with Gasteiger partial charge in [-0.05, 0) is 28.1 Å². The summed E-state index contributed by atoms with van der Waals surface area (Å²) in [6.07, 6.45) is -0.261. The number of nitrogens with one attached hydrogen (secondary N) is 1. The largest absolute Gasteiger partial charge is 0.442 e. The van der Waals surface area contributed by atoms with Gasteiger partial charge in [0.1, 0.15) is 6.10 Å². The SMILES string of the molecule is O=C1OC2CNCC2N1c1ccccc1Br. The van der Waals surface area contributed by atoms with Crippen molar-refractivity contribution < 1.29 is 9.53 Å². The summed E-state index contributed by atoms with van der Waals surface area (Å²) in [5.41, 5.74) is 0.878. The molecule has 2 fully saturated rings. The van der Waals surface area contributed by atoms with Crippen molar-refractivity contribution in [3.8, 4) is 0 Å². The molecule has 2 heterocycles. The Hall–Kier alpha value is -1.07. The van der Waals surface area contributed by atoms with E-state index >= 15 is 0 Å². The van der Waals surface area contributed by atoms with Crippen molar-refractivity contribution >= 4 is 27.7 Å². The van der Waals surface area contributed by atoms with Crippen LogP contribution in [0.4, 0.5) is 10.5 Å². The predicted octanol–water partition coefficient (Wildman–Crippen LogP) is 1.75. The highest BCUT2D eigenvalue weighted by Gasteiger charge is 2.45. The minimum absolute atomic E-state index is 0.0143. The van der Waals surface area contributed by atoms with E-state index in [2.05, 4.69) is 21.2 Å². The van der Waals surface area contributed by atoms with Crippen molar-refractivity contribution in [2.75, 3.05) is 18.0 Å². The van der Waals surface area contributed by atoms with E-state index in [4.69, 9.17) is 4.74 Å². The van der Waals surface area contributed by atoms with Crippen molar-refractivity contribution in [2.45, 2.75) is 12.1 Å². The quantitative estimate of drug-likeness (QED) is 0.853. The standard InChI is InChI=1S/C11H11BrN2O2/c12-7-3-1-2-4-8(7)14-9-5-13-6-10(9)16-11(14)15/h1-4,9-10,13H,5-6H2. The number of anilines is 1. The van der Waals surface area contributed by atoms with Crippen molar-refractivity contribution in [3.63, 3.8) is 0 Å². The number of carbonyl (C=O) groups excluding carboxylic acids is 1. The fraction of sp³-hybridized carbons (Fsp3) is 0.364. The molecule has 0 saturated carbocycles. The molecule has 1 aromatic rings. The van der Waals surface area contributed by atoms with Crippen molar-refractivity contribution in [1.29, 1.82) is 0 Å².